The van der Waals surface area contributed by atoms with Gasteiger partial charge in [0, 0.05) is 0 Å². The molecule has 11 nitrogen and oxygen atoms in total. The Morgan fingerprint density at radius 3 is 1.35 bits per heavy atom. The van der Waals surface area contributed by atoms with E-state index in [0.717, 1.165) is 0 Å². The van der Waals surface area contributed by atoms with Crippen molar-refractivity contribution >= 4 is 17.1 Å². The van der Waals surface area contributed by atoms with Crippen molar-refractivity contribution in [2.45, 2.75) is 40.0 Å². The van der Waals surface area contributed by atoms with Gasteiger partial charge in [-0.2, -0.15) is 0 Å². The molecular weight excluding hydrogens is 348 g/mol. The average Bonchev–Trinajstić information content (AvgIpc) is 2.55. The van der Waals surface area contributed by atoms with Gasteiger partial charge in [0.25, 0.3) is 17.1 Å². The molecule has 1 aromatic rings. The molecule has 0 saturated carbocycles. The van der Waals surface area contributed by atoms with E-state index in [4.69, 9.17) is 0 Å². The molecule has 0 saturated heterocycles. The highest BCUT2D eigenvalue weighted by Gasteiger charge is 2.24. The van der Waals surface area contributed by atoms with E-state index in [2.05, 4.69) is 20.8 Å². The quantitative estimate of drug-likeness (QED) is 0.509. The van der Waals surface area contributed by atoms with E-state index in [1.54, 1.807) is 4.90 Å². The zero-order chi connectivity index (χ0) is 20.3. The van der Waals surface area contributed by atoms with Gasteiger partial charge in [-0.05, 0) is 19.3 Å². The summed E-state index contributed by atoms with van der Waals surface area (Å²) in [7, 11) is 0. The number of rotatable bonds is 9. The number of hydrogen-bond donors (Lipinski definition) is 1. The van der Waals surface area contributed by atoms with Crippen molar-refractivity contribution in [3.8, 4) is 5.75 Å². The Kier molecular flexibility index (Phi) is 10.4. The molecule has 0 heterocycles. The molecule has 0 aliphatic rings. The van der Waals surface area contributed by atoms with Crippen LogP contribution in [0.3, 0.4) is 0 Å². The zero-order valence-corrected chi connectivity index (χ0v) is 15.1. The Morgan fingerprint density at radius 2 is 1.12 bits per heavy atom. The zero-order valence-electron chi connectivity index (χ0n) is 15.1. The molecule has 0 bridgehead atoms. The van der Waals surface area contributed by atoms with E-state index in [9.17, 15) is 35.4 Å². The molecule has 0 spiro atoms. The normalized spacial score (nSPS) is 10.2. The summed E-state index contributed by atoms with van der Waals surface area (Å²) < 4.78 is 0. The van der Waals surface area contributed by atoms with E-state index < -0.39 is 37.6 Å². The van der Waals surface area contributed by atoms with Crippen LogP contribution in [0.1, 0.15) is 40.0 Å². The van der Waals surface area contributed by atoms with Gasteiger partial charge in [-0.3, -0.25) is 30.3 Å². The van der Waals surface area contributed by atoms with Gasteiger partial charge in [0.1, 0.15) is 0 Å². The van der Waals surface area contributed by atoms with Gasteiger partial charge in [0.2, 0.25) is 0 Å². The van der Waals surface area contributed by atoms with E-state index in [1.165, 1.54) is 38.9 Å². The fourth-order valence-corrected chi connectivity index (χ4v) is 2.40. The van der Waals surface area contributed by atoms with Crippen LogP contribution in [-0.2, 0) is 0 Å². The molecule has 0 atom stereocenters. The number of quaternary nitrogens is 1. The molecule has 0 aliphatic heterocycles. The summed E-state index contributed by atoms with van der Waals surface area (Å²) in [5.74, 6) is -1.46. The lowest BCUT2D eigenvalue weighted by Gasteiger charge is -2.16. The first-order chi connectivity index (χ1) is 12.2. The third-order valence-electron chi connectivity index (χ3n) is 3.45. The van der Waals surface area contributed by atoms with Crippen LogP contribution in [0.2, 0.25) is 0 Å². The predicted molar refractivity (Wildman–Crippen MR) is 92.3 cm³/mol. The Bertz CT molecular complexity index is 587. The first-order valence-corrected chi connectivity index (χ1v) is 8.31. The smallest absolute Gasteiger partial charge is 0.283 e. The molecule has 0 amide bonds. The van der Waals surface area contributed by atoms with Crippen LogP contribution in [0.4, 0.5) is 17.1 Å². The molecule has 0 aromatic heterocycles. The number of hydrogen-bond acceptors (Lipinski definition) is 7. The summed E-state index contributed by atoms with van der Waals surface area (Å²) in [6.45, 7) is 10.9. The topological polar surface area (TPSA) is 157 Å². The molecule has 146 valence electrons. The Hall–Kier alpha value is -2.82. The maximum Gasteiger partial charge on any atom is 0.283 e. The lowest BCUT2D eigenvalue weighted by Crippen LogP contribution is -3.11. The van der Waals surface area contributed by atoms with Crippen LogP contribution in [0.15, 0.2) is 12.1 Å². The summed E-state index contributed by atoms with van der Waals surface area (Å²) in [6.07, 6.45) is 3.99. The van der Waals surface area contributed by atoms with Crippen molar-refractivity contribution in [3.63, 3.8) is 0 Å². The highest BCUT2D eigenvalue weighted by molar-refractivity contribution is 5.63. The summed E-state index contributed by atoms with van der Waals surface area (Å²) in [5, 5.41) is 42.1. The molecule has 1 N–H and O–H groups in total. The first-order valence-electron chi connectivity index (χ1n) is 8.31. The van der Waals surface area contributed by atoms with Crippen LogP contribution in [0, 0.1) is 30.3 Å². The van der Waals surface area contributed by atoms with Crippen molar-refractivity contribution < 1.29 is 24.8 Å². The molecule has 0 fully saturated rings. The lowest BCUT2D eigenvalue weighted by molar-refractivity contribution is -0.900. The van der Waals surface area contributed by atoms with Gasteiger partial charge in [0.15, 0.2) is 0 Å². The Morgan fingerprint density at radius 1 is 0.769 bits per heavy atom. The van der Waals surface area contributed by atoms with Crippen molar-refractivity contribution in [2.75, 3.05) is 19.6 Å². The van der Waals surface area contributed by atoms with Gasteiger partial charge in [-0.15, -0.1) is 0 Å². The van der Waals surface area contributed by atoms with Crippen LogP contribution in [0.25, 0.3) is 0 Å². The molecule has 0 radical (unpaired) electrons. The maximum absolute atomic E-state index is 11.1. The Balaban J connectivity index is 0.000000541. The number of nitro benzene ring substituents is 3. The lowest BCUT2D eigenvalue weighted by atomic mass is 10.2. The largest absolute Gasteiger partial charge is 0.863 e. The summed E-state index contributed by atoms with van der Waals surface area (Å²) in [5.41, 5.74) is -3.26. The minimum atomic E-state index is -1.46. The van der Waals surface area contributed by atoms with E-state index >= 15 is 0 Å². The van der Waals surface area contributed by atoms with Crippen molar-refractivity contribution in [2.24, 2.45) is 0 Å². The van der Waals surface area contributed by atoms with Crippen molar-refractivity contribution in [3.05, 3.63) is 42.5 Å². The second-order valence-corrected chi connectivity index (χ2v) is 5.58. The number of benzene rings is 1. The van der Waals surface area contributed by atoms with Crippen LogP contribution in [-0.4, -0.2) is 34.4 Å². The average molecular weight is 372 g/mol. The maximum atomic E-state index is 11.1. The highest BCUT2D eigenvalue weighted by Crippen LogP contribution is 2.36. The minimum Gasteiger partial charge on any atom is -0.863 e. The van der Waals surface area contributed by atoms with Crippen molar-refractivity contribution in [1.82, 2.24) is 0 Å². The Labute approximate surface area is 150 Å². The molecule has 26 heavy (non-hydrogen) atoms. The van der Waals surface area contributed by atoms with Crippen molar-refractivity contribution in [1.29, 1.82) is 0 Å². The number of nitro groups is 3. The molecule has 0 unspecified atom stereocenters. The summed E-state index contributed by atoms with van der Waals surface area (Å²) >= 11 is 0. The number of nitrogens with zero attached hydrogens (tertiary/aromatic N) is 3. The van der Waals surface area contributed by atoms with Crippen LogP contribution in [0.5, 0.6) is 5.75 Å². The first kappa shape index (κ1) is 23.2. The van der Waals surface area contributed by atoms with Gasteiger partial charge >= 0.3 is 0 Å². The van der Waals surface area contributed by atoms with Crippen LogP contribution < -0.4 is 10.0 Å². The van der Waals surface area contributed by atoms with Gasteiger partial charge in [-0.25, -0.2) is 0 Å². The SMILES string of the molecule is CCC[NH+](CCC)CCC.O=[N+]([O-])c1cc([N+](=O)[O-])c([O-])c([N+](=O)[O-])c1. The summed E-state index contributed by atoms with van der Waals surface area (Å²) in [4.78, 5) is 29.3. The minimum absolute atomic E-state index is 0.384. The van der Waals surface area contributed by atoms with Crippen LogP contribution >= 0.6 is 0 Å². The highest BCUT2D eigenvalue weighted by atomic mass is 16.6. The fourth-order valence-electron chi connectivity index (χ4n) is 2.40. The molecule has 0 aliphatic carbocycles. The number of non-ortho nitro benzene ring substituents is 1. The molecule has 1 aromatic carbocycles. The predicted octanol–water partition coefficient (Wildman–Crippen LogP) is 1.59. The molecular formula is C15H24N4O7. The second-order valence-electron chi connectivity index (χ2n) is 5.58. The van der Waals surface area contributed by atoms with E-state index in [0.29, 0.717) is 12.1 Å². The van der Waals surface area contributed by atoms with E-state index in [1.807, 2.05) is 0 Å². The van der Waals surface area contributed by atoms with Gasteiger partial charge < -0.3 is 10.0 Å². The third-order valence-corrected chi connectivity index (χ3v) is 3.45. The molecule has 11 heteroatoms. The van der Waals surface area contributed by atoms with Gasteiger partial charge in [0.05, 0.1) is 52.3 Å². The molecule has 1 rings (SSSR count). The standard InChI is InChI=1S/C9H21N.C6H3N3O7/c1-4-7-10(8-5-2)9-6-3;10-6-4(8(13)14)1-3(7(11)12)2-5(6)9(15)16/h4-9H2,1-3H3;1-2,10H. The number of nitrogens with one attached hydrogen (secondary N) is 1. The van der Waals surface area contributed by atoms with Gasteiger partial charge in [-0.1, -0.05) is 20.8 Å². The summed E-state index contributed by atoms with van der Waals surface area (Å²) in [6, 6.07) is 0.769. The fraction of sp³-hybridized carbons (Fsp3) is 0.600. The second kappa shape index (κ2) is 11.7. The van der Waals surface area contributed by atoms with E-state index in [-0.39, 0.29) is 0 Å². The third kappa shape index (κ3) is 7.38. The monoisotopic (exact) mass is 372 g/mol.